The van der Waals surface area contributed by atoms with Crippen molar-refractivity contribution < 1.29 is 23.1 Å². The number of aliphatic carboxylic acids is 1. The van der Waals surface area contributed by atoms with Crippen LogP contribution in [0.5, 0.6) is 5.75 Å². The number of carbonyl (C=O) groups is 1. The summed E-state index contributed by atoms with van der Waals surface area (Å²) in [4.78, 5) is 11.6. The Labute approximate surface area is 142 Å². The summed E-state index contributed by atoms with van der Waals surface area (Å²) in [7, 11) is -3.72. The Bertz CT molecular complexity index is 771. The number of carboxylic acids is 1. The van der Waals surface area contributed by atoms with Gasteiger partial charge in [0.05, 0.1) is 10.8 Å². The van der Waals surface area contributed by atoms with Gasteiger partial charge >= 0.3 is 5.97 Å². The monoisotopic (exact) mass is 353 g/mol. The number of sulfonamides is 1. The molecule has 1 aromatic rings. The topological polar surface area (TPSA) is 83.9 Å². The lowest BCUT2D eigenvalue weighted by atomic mass is 9.92. The van der Waals surface area contributed by atoms with Crippen LogP contribution in [-0.4, -0.2) is 42.0 Å². The highest BCUT2D eigenvalue weighted by Gasteiger charge is 2.40. The average Bonchev–Trinajstić information content (AvgIpc) is 2.79. The van der Waals surface area contributed by atoms with Crippen molar-refractivity contribution >= 4 is 16.0 Å². The van der Waals surface area contributed by atoms with Crippen LogP contribution < -0.4 is 4.74 Å². The maximum Gasteiger partial charge on any atom is 0.308 e. The van der Waals surface area contributed by atoms with Crippen molar-refractivity contribution in [3.05, 3.63) is 23.8 Å². The summed E-state index contributed by atoms with van der Waals surface area (Å²) in [6, 6.07) is 4.35. The van der Waals surface area contributed by atoms with E-state index in [0.29, 0.717) is 31.6 Å². The molecule has 0 amide bonds. The Hall–Kier alpha value is -1.60. The molecule has 2 atom stereocenters. The molecule has 2 aliphatic heterocycles. The van der Waals surface area contributed by atoms with E-state index in [1.807, 2.05) is 13.8 Å². The molecule has 7 heteroatoms. The molecule has 0 saturated carbocycles. The van der Waals surface area contributed by atoms with Gasteiger partial charge in [0, 0.05) is 19.0 Å². The van der Waals surface area contributed by atoms with Gasteiger partial charge in [-0.05, 0) is 57.4 Å². The van der Waals surface area contributed by atoms with Gasteiger partial charge in [0.15, 0.2) is 0 Å². The summed E-state index contributed by atoms with van der Waals surface area (Å²) in [5.74, 6) is -0.884. The van der Waals surface area contributed by atoms with E-state index >= 15 is 0 Å². The fourth-order valence-electron chi connectivity index (χ4n) is 3.66. The Morgan fingerprint density at radius 1 is 1.38 bits per heavy atom. The standard InChI is InChI=1S/C17H23NO5S/c1-11-14(16(19)20)5-4-8-18(11)24(21,22)13-6-7-15-12(9-13)10-17(2,3)23-15/h6-7,9,11,14H,4-5,8,10H2,1-3H3,(H,19,20)/t11-,14-/m1/s1. The molecule has 1 N–H and O–H groups in total. The molecular formula is C17H23NO5S. The van der Waals surface area contributed by atoms with Crippen LogP contribution in [0, 0.1) is 5.92 Å². The first-order valence-corrected chi connectivity index (χ1v) is 9.62. The van der Waals surface area contributed by atoms with Crippen LogP contribution in [0.1, 0.15) is 39.2 Å². The van der Waals surface area contributed by atoms with Gasteiger partial charge < -0.3 is 9.84 Å². The highest BCUT2D eigenvalue weighted by molar-refractivity contribution is 7.89. The van der Waals surface area contributed by atoms with Crippen LogP contribution in [-0.2, 0) is 21.2 Å². The summed E-state index contributed by atoms with van der Waals surface area (Å²) < 4.78 is 33.2. The Morgan fingerprint density at radius 2 is 2.08 bits per heavy atom. The van der Waals surface area contributed by atoms with Crippen molar-refractivity contribution in [2.45, 2.75) is 56.6 Å². The minimum atomic E-state index is -3.72. The summed E-state index contributed by atoms with van der Waals surface area (Å²) in [5.41, 5.74) is 0.540. The molecule has 0 aliphatic carbocycles. The van der Waals surface area contributed by atoms with Crippen molar-refractivity contribution in [2.75, 3.05) is 6.54 Å². The van der Waals surface area contributed by atoms with Gasteiger partial charge in [0.2, 0.25) is 10.0 Å². The van der Waals surface area contributed by atoms with Crippen LogP contribution >= 0.6 is 0 Å². The van der Waals surface area contributed by atoms with Crippen molar-refractivity contribution in [3.63, 3.8) is 0 Å². The predicted molar refractivity (Wildman–Crippen MR) is 88.6 cm³/mol. The van der Waals surface area contributed by atoms with E-state index < -0.39 is 28.0 Å². The second-order valence-corrected chi connectivity index (χ2v) is 9.14. The van der Waals surface area contributed by atoms with E-state index in [9.17, 15) is 18.3 Å². The maximum atomic E-state index is 13.0. The number of piperidine rings is 1. The van der Waals surface area contributed by atoms with E-state index in [0.717, 1.165) is 5.56 Å². The molecule has 132 valence electrons. The van der Waals surface area contributed by atoms with Crippen molar-refractivity contribution in [3.8, 4) is 5.75 Å². The third kappa shape index (κ3) is 2.91. The molecule has 0 radical (unpaired) electrons. The maximum absolute atomic E-state index is 13.0. The summed E-state index contributed by atoms with van der Waals surface area (Å²) >= 11 is 0. The van der Waals surface area contributed by atoms with Gasteiger partial charge in [-0.15, -0.1) is 0 Å². The van der Waals surface area contributed by atoms with Crippen LogP contribution in [0.25, 0.3) is 0 Å². The van der Waals surface area contributed by atoms with Crippen molar-refractivity contribution in [2.24, 2.45) is 5.92 Å². The Kier molecular flexibility index (Phi) is 4.12. The third-order valence-electron chi connectivity index (χ3n) is 4.89. The minimum absolute atomic E-state index is 0.209. The number of fused-ring (bicyclic) bond motifs is 1. The molecule has 2 aliphatic rings. The van der Waals surface area contributed by atoms with E-state index in [-0.39, 0.29) is 10.5 Å². The fourth-order valence-corrected chi connectivity index (χ4v) is 5.42. The first-order valence-electron chi connectivity index (χ1n) is 8.18. The number of hydrogen-bond acceptors (Lipinski definition) is 4. The number of ether oxygens (including phenoxy) is 1. The molecular weight excluding hydrogens is 330 g/mol. The molecule has 0 bridgehead atoms. The molecule has 0 aromatic heterocycles. The molecule has 24 heavy (non-hydrogen) atoms. The normalized spacial score (nSPS) is 26.6. The molecule has 6 nitrogen and oxygen atoms in total. The van der Waals surface area contributed by atoms with Crippen LogP contribution in [0.2, 0.25) is 0 Å². The minimum Gasteiger partial charge on any atom is -0.487 e. The molecule has 3 rings (SSSR count). The van der Waals surface area contributed by atoms with Crippen LogP contribution in [0.4, 0.5) is 0 Å². The largest absolute Gasteiger partial charge is 0.487 e. The van der Waals surface area contributed by atoms with Crippen LogP contribution in [0.3, 0.4) is 0 Å². The highest BCUT2D eigenvalue weighted by Crippen LogP contribution is 2.37. The number of nitrogens with zero attached hydrogens (tertiary/aromatic N) is 1. The summed E-state index contributed by atoms with van der Waals surface area (Å²) in [5, 5.41) is 9.31. The first kappa shape index (κ1) is 17.2. The highest BCUT2D eigenvalue weighted by atomic mass is 32.2. The zero-order valence-electron chi connectivity index (χ0n) is 14.2. The van der Waals surface area contributed by atoms with Gasteiger partial charge in [-0.3, -0.25) is 4.79 Å². The first-order chi connectivity index (χ1) is 11.1. The second-order valence-electron chi connectivity index (χ2n) is 7.25. The van der Waals surface area contributed by atoms with Crippen molar-refractivity contribution in [1.82, 2.24) is 4.31 Å². The number of hydrogen-bond donors (Lipinski definition) is 1. The van der Waals surface area contributed by atoms with E-state index in [4.69, 9.17) is 4.74 Å². The zero-order valence-corrected chi connectivity index (χ0v) is 15.0. The molecule has 1 aromatic carbocycles. The number of rotatable bonds is 3. The Balaban J connectivity index is 1.93. The fraction of sp³-hybridized carbons (Fsp3) is 0.588. The molecule has 1 saturated heterocycles. The quantitative estimate of drug-likeness (QED) is 0.901. The Morgan fingerprint density at radius 3 is 2.75 bits per heavy atom. The lowest BCUT2D eigenvalue weighted by molar-refractivity contribution is -0.144. The SMILES string of the molecule is C[C@@H]1[C@H](C(=O)O)CCCN1S(=O)(=O)c1ccc2c(c1)CC(C)(C)O2. The van der Waals surface area contributed by atoms with Crippen LogP contribution in [0.15, 0.2) is 23.1 Å². The second kappa shape index (κ2) is 5.74. The lowest BCUT2D eigenvalue weighted by Crippen LogP contribution is -2.48. The molecule has 1 fully saturated rings. The third-order valence-corrected chi connectivity index (χ3v) is 6.87. The summed E-state index contributed by atoms with van der Waals surface area (Å²) in [6.45, 7) is 5.96. The van der Waals surface area contributed by atoms with Gasteiger partial charge in [-0.25, -0.2) is 8.42 Å². The molecule has 0 spiro atoms. The van der Waals surface area contributed by atoms with Crippen molar-refractivity contribution in [1.29, 1.82) is 0 Å². The van der Waals surface area contributed by atoms with Gasteiger partial charge in [0.25, 0.3) is 0 Å². The van der Waals surface area contributed by atoms with E-state index in [1.54, 1.807) is 25.1 Å². The summed E-state index contributed by atoms with van der Waals surface area (Å²) in [6.07, 6.45) is 1.72. The van der Waals surface area contributed by atoms with E-state index in [1.165, 1.54) is 4.31 Å². The average molecular weight is 353 g/mol. The molecule has 0 unspecified atom stereocenters. The van der Waals surface area contributed by atoms with Gasteiger partial charge in [-0.2, -0.15) is 4.31 Å². The van der Waals surface area contributed by atoms with Gasteiger partial charge in [-0.1, -0.05) is 0 Å². The van der Waals surface area contributed by atoms with Gasteiger partial charge in [0.1, 0.15) is 11.4 Å². The number of carboxylic acid groups (broad SMARTS) is 1. The predicted octanol–water partition coefficient (Wildman–Crippen LogP) is 2.27. The zero-order chi connectivity index (χ0) is 17.7. The lowest BCUT2D eigenvalue weighted by Gasteiger charge is -2.36. The smallest absolute Gasteiger partial charge is 0.308 e. The molecule has 2 heterocycles. The van der Waals surface area contributed by atoms with E-state index in [2.05, 4.69) is 0 Å². The number of benzene rings is 1.